The van der Waals surface area contributed by atoms with Crippen LogP contribution in [0.25, 0.3) is 28.2 Å². The van der Waals surface area contributed by atoms with E-state index in [1.165, 1.54) is 0 Å². The molecule has 0 aliphatic rings. The first-order chi connectivity index (χ1) is 14.7. The standard InChI is InChI=1S/C23H19N5O2/c1-15-22(17-10-21(30-14-17)27-19-5-7-20(29-2)8-6-19)28-13-18(12-25-23(28)26-15)16-4-3-9-24-11-16/h3-14,27H,1-2H3. The van der Waals surface area contributed by atoms with E-state index in [0.717, 1.165) is 39.5 Å². The van der Waals surface area contributed by atoms with E-state index < -0.39 is 0 Å². The van der Waals surface area contributed by atoms with Crippen molar-refractivity contribution in [3.63, 3.8) is 0 Å². The molecule has 30 heavy (non-hydrogen) atoms. The average Bonchev–Trinajstić information content (AvgIpc) is 3.37. The van der Waals surface area contributed by atoms with Gasteiger partial charge in [-0.2, -0.15) is 0 Å². The maximum Gasteiger partial charge on any atom is 0.234 e. The van der Waals surface area contributed by atoms with Crippen LogP contribution in [0.2, 0.25) is 0 Å². The fourth-order valence-electron chi connectivity index (χ4n) is 3.42. The van der Waals surface area contributed by atoms with Gasteiger partial charge in [-0.25, -0.2) is 9.97 Å². The molecule has 0 unspecified atom stereocenters. The summed E-state index contributed by atoms with van der Waals surface area (Å²) in [6.45, 7) is 1.97. The number of benzene rings is 1. The molecule has 7 nitrogen and oxygen atoms in total. The van der Waals surface area contributed by atoms with Crippen molar-refractivity contribution >= 4 is 17.3 Å². The molecule has 7 heteroatoms. The topological polar surface area (TPSA) is 77.5 Å². The summed E-state index contributed by atoms with van der Waals surface area (Å²) in [6, 6.07) is 13.5. The Bertz CT molecular complexity index is 1310. The Kier molecular flexibility index (Phi) is 4.40. The molecular formula is C23H19N5O2. The monoisotopic (exact) mass is 397 g/mol. The van der Waals surface area contributed by atoms with Gasteiger partial charge >= 0.3 is 0 Å². The van der Waals surface area contributed by atoms with Gasteiger partial charge in [0.15, 0.2) is 5.88 Å². The lowest BCUT2D eigenvalue weighted by Gasteiger charge is -2.04. The van der Waals surface area contributed by atoms with Crippen molar-refractivity contribution in [1.82, 2.24) is 19.4 Å². The summed E-state index contributed by atoms with van der Waals surface area (Å²) in [7, 11) is 1.65. The van der Waals surface area contributed by atoms with Crippen LogP contribution in [0.5, 0.6) is 5.75 Å². The van der Waals surface area contributed by atoms with Crippen LogP contribution in [0.15, 0.2) is 77.9 Å². The van der Waals surface area contributed by atoms with Gasteiger partial charge in [-0.1, -0.05) is 6.07 Å². The third kappa shape index (κ3) is 3.26. The maximum atomic E-state index is 5.75. The van der Waals surface area contributed by atoms with E-state index in [4.69, 9.17) is 9.15 Å². The number of nitrogens with zero attached hydrogens (tertiary/aromatic N) is 4. The lowest BCUT2D eigenvalue weighted by atomic mass is 10.1. The van der Waals surface area contributed by atoms with Crippen LogP contribution >= 0.6 is 0 Å². The molecule has 1 aromatic carbocycles. The molecule has 0 saturated heterocycles. The molecule has 0 radical (unpaired) electrons. The minimum Gasteiger partial charge on any atom is -0.497 e. The van der Waals surface area contributed by atoms with Crippen molar-refractivity contribution < 1.29 is 9.15 Å². The predicted molar refractivity (Wildman–Crippen MR) is 115 cm³/mol. The number of furan rings is 1. The van der Waals surface area contributed by atoms with Crippen molar-refractivity contribution in [1.29, 1.82) is 0 Å². The second-order valence-electron chi connectivity index (χ2n) is 6.85. The first-order valence-electron chi connectivity index (χ1n) is 9.46. The van der Waals surface area contributed by atoms with E-state index >= 15 is 0 Å². The Labute approximate surface area is 173 Å². The number of aryl methyl sites for hydroxylation is 1. The van der Waals surface area contributed by atoms with Crippen LogP contribution in [-0.4, -0.2) is 26.5 Å². The first kappa shape index (κ1) is 17.9. The van der Waals surface area contributed by atoms with Crippen LogP contribution in [-0.2, 0) is 0 Å². The second kappa shape index (κ2) is 7.36. The lowest BCUT2D eigenvalue weighted by molar-refractivity contribution is 0.415. The number of imidazole rings is 1. The summed E-state index contributed by atoms with van der Waals surface area (Å²) in [4.78, 5) is 13.3. The van der Waals surface area contributed by atoms with E-state index in [1.807, 2.05) is 72.4 Å². The molecule has 0 aliphatic carbocycles. The maximum absolute atomic E-state index is 5.75. The van der Waals surface area contributed by atoms with Gasteiger partial charge in [0.2, 0.25) is 5.78 Å². The molecule has 0 spiro atoms. The van der Waals surface area contributed by atoms with Crippen LogP contribution in [0, 0.1) is 6.92 Å². The van der Waals surface area contributed by atoms with Crippen molar-refractivity contribution in [2.75, 3.05) is 12.4 Å². The number of rotatable bonds is 5. The van der Waals surface area contributed by atoms with Crippen molar-refractivity contribution in [3.8, 4) is 28.1 Å². The molecule has 5 rings (SSSR count). The number of hydrogen-bond donors (Lipinski definition) is 1. The highest BCUT2D eigenvalue weighted by atomic mass is 16.5. The molecule has 0 fully saturated rings. The average molecular weight is 397 g/mol. The summed E-state index contributed by atoms with van der Waals surface area (Å²) in [5.41, 5.74) is 5.61. The summed E-state index contributed by atoms with van der Waals surface area (Å²) in [5.74, 6) is 2.08. The van der Waals surface area contributed by atoms with Gasteiger partial charge < -0.3 is 14.5 Å². The van der Waals surface area contributed by atoms with E-state index in [2.05, 4.69) is 20.3 Å². The van der Waals surface area contributed by atoms with Gasteiger partial charge in [-0.15, -0.1) is 0 Å². The fraction of sp³-hybridized carbons (Fsp3) is 0.0870. The molecule has 0 atom stereocenters. The summed E-state index contributed by atoms with van der Waals surface area (Å²) in [6.07, 6.45) is 9.14. The summed E-state index contributed by atoms with van der Waals surface area (Å²) in [5, 5.41) is 3.27. The van der Waals surface area contributed by atoms with Gasteiger partial charge in [0.1, 0.15) is 12.0 Å². The molecule has 148 valence electrons. The Morgan fingerprint density at radius 2 is 1.90 bits per heavy atom. The minimum absolute atomic E-state index is 0.640. The second-order valence-corrected chi connectivity index (χ2v) is 6.85. The van der Waals surface area contributed by atoms with Crippen molar-refractivity contribution in [2.24, 2.45) is 0 Å². The van der Waals surface area contributed by atoms with Gasteiger partial charge in [0.05, 0.1) is 18.5 Å². The zero-order valence-corrected chi connectivity index (χ0v) is 16.5. The third-order valence-corrected chi connectivity index (χ3v) is 4.88. The molecule has 0 amide bonds. The minimum atomic E-state index is 0.640. The molecule has 0 aliphatic heterocycles. The normalized spacial score (nSPS) is 11.0. The number of nitrogens with one attached hydrogen (secondary N) is 1. The largest absolute Gasteiger partial charge is 0.497 e. The van der Waals surface area contributed by atoms with Crippen LogP contribution in [0.3, 0.4) is 0 Å². The van der Waals surface area contributed by atoms with Crippen molar-refractivity contribution in [2.45, 2.75) is 6.92 Å². The highest BCUT2D eigenvalue weighted by Crippen LogP contribution is 2.31. The number of ether oxygens (including phenoxy) is 1. The quantitative estimate of drug-likeness (QED) is 0.444. The summed E-state index contributed by atoms with van der Waals surface area (Å²) < 4.78 is 12.9. The smallest absolute Gasteiger partial charge is 0.234 e. The van der Waals surface area contributed by atoms with Crippen LogP contribution in [0.1, 0.15) is 5.69 Å². The van der Waals surface area contributed by atoms with Gasteiger partial charge in [-0.05, 0) is 37.3 Å². The van der Waals surface area contributed by atoms with Gasteiger partial charge in [0.25, 0.3) is 0 Å². The van der Waals surface area contributed by atoms with E-state index in [0.29, 0.717) is 11.7 Å². The predicted octanol–water partition coefficient (Wildman–Crippen LogP) is 5.11. The van der Waals surface area contributed by atoms with Gasteiger partial charge in [0, 0.05) is 53.2 Å². The number of fused-ring (bicyclic) bond motifs is 1. The van der Waals surface area contributed by atoms with E-state index in [9.17, 15) is 0 Å². The Morgan fingerprint density at radius 3 is 2.67 bits per heavy atom. The number of hydrogen-bond acceptors (Lipinski definition) is 6. The SMILES string of the molecule is COc1ccc(Nc2cc(-c3c(C)nc4ncc(-c5cccnc5)cn34)co2)cc1. The third-order valence-electron chi connectivity index (χ3n) is 4.88. The highest BCUT2D eigenvalue weighted by molar-refractivity contribution is 5.71. The molecule has 0 saturated carbocycles. The highest BCUT2D eigenvalue weighted by Gasteiger charge is 2.15. The molecule has 1 N–H and O–H groups in total. The van der Waals surface area contributed by atoms with Crippen molar-refractivity contribution in [3.05, 3.63) is 79.2 Å². The molecule has 5 aromatic rings. The van der Waals surface area contributed by atoms with Gasteiger partial charge in [-0.3, -0.25) is 9.38 Å². The number of aromatic nitrogens is 4. The Hall–Kier alpha value is -4.13. The number of anilines is 2. The Morgan fingerprint density at radius 1 is 1.03 bits per heavy atom. The first-order valence-corrected chi connectivity index (χ1v) is 9.46. The van der Waals surface area contributed by atoms with E-state index in [1.54, 1.807) is 19.6 Å². The van der Waals surface area contributed by atoms with Crippen LogP contribution in [0.4, 0.5) is 11.6 Å². The summed E-state index contributed by atoms with van der Waals surface area (Å²) >= 11 is 0. The molecule has 4 aromatic heterocycles. The molecular weight excluding hydrogens is 378 g/mol. The van der Waals surface area contributed by atoms with E-state index in [-0.39, 0.29) is 0 Å². The lowest BCUT2D eigenvalue weighted by Crippen LogP contribution is -1.93. The molecule has 4 heterocycles. The van der Waals surface area contributed by atoms with Crippen LogP contribution < -0.4 is 10.1 Å². The zero-order chi connectivity index (χ0) is 20.5. The number of methoxy groups -OCH3 is 1. The zero-order valence-electron chi connectivity index (χ0n) is 16.5. The number of pyridine rings is 1. The fourth-order valence-corrected chi connectivity index (χ4v) is 3.42. The molecule has 0 bridgehead atoms. The Balaban J connectivity index is 1.50.